The Kier molecular flexibility index (Phi) is 2.67. The van der Waals surface area contributed by atoms with E-state index in [1.54, 1.807) is 0 Å². The molecule has 0 aromatic carbocycles. The van der Waals surface area contributed by atoms with Crippen LogP contribution in [0.15, 0.2) is 0 Å². The van der Waals surface area contributed by atoms with Gasteiger partial charge in [-0.05, 0) is 25.7 Å². The van der Waals surface area contributed by atoms with E-state index in [9.17, 15) is 9.59 Å². The Hall–Kier alpha value is -1.06. The molecule has 1 heterocycles. The molecular formula is C11H18N2O2. The predicted octanol–water partition coefficient (Wildman–Crippen LogP) is 0.379. The summed E-state index contributed by atoms with van der Waals surface area (Å²) in [4.78, 5) is 24.8. The van der Waals surface area contributed by atoms with E-state index in [1.165, 1.54) is 12.8 Å². The zero-order valence-electron chi connectivity index (χ0n) is 9.32. The van der Waals surface area contributed by atoms with Crippen molar-refractivity contribution in [3.05, 3.63) is 0 Å². The van der Waals surface area contributed by atoms with Crippen LogP contribution in [0.3, 0.4) is 0 Å². The van der Waals surface area contributed by atoms with E-state index in [1.807, 2.05) is 11.9 Å². The van der Waals surface area contributed by atoms with Crippen molar-refractivity contribution in [1.82, 2.24) is 10.2 Å². The van der Waals surface area contributed by atoms with Gasteiger partial charge in [0.05, 0.1) is 5.92 Å². The Morgan fingerprint density at radius 1 is 1.53 bits per heavy atom. The molecule has 1 N–H and O–H groups in total. The zero-order chi connectivity index (χ0) is 11.0. The molecule has 0 aromatic rings. The van der Waals surface area contributed by atoms with Crippen LogP contribution >= 0.6 is 0 Å². The molecule has 0 spiro atoms. The highest BCUT2D eigenvalue weighted by molar-refractivity contribution is 5.89. The lowest BCUT2D eigenvalue weighted by molar-refractivity contribution is -0.136. The summed E-state index contributed by atoms with van der Waals surface area (Å²) in [5, 5.41) is 2.70. The number of carbonyl (C=O) groups excluding carboxylic acids is 2. The van der Waals surface area contributed by atoms with E-state index >= 15 is 0 Å². The second-order valence-corrected chi connectivity index (χ2v) is 4.73. The van der Waals surface area contributed by atoms with Crippen molar-refractivity contribution in [3.63, 3.8) is 0 Å². The first-order valence-electron chi connectivity index (χ1n) is 5.63. The first-order valence-corrected chi connectivity index (χ1v) is 5.63. The molecule has 1 aliphatic carbocycles. The van der Waals surface area contributed by atoms with Crippen molar-refractivity contribution in [2.75, 3.05) is 13.6 Å². The fraction of sp³-hybridized carbons (Fsp3) is 0.818. The van der Waals surface area contributed by atoms with Gasteiger partial charge in [-0.3, -0.25) is 9.59 Å². The second-order valence-electron chi connectivity index (χ2n) is 4.73. The van der Waals surface area contributed by atoms with Gasteiger partial charge in [0, 0.05) is 26.1 Å². The summed E-state index contributed by atoms with van der Waals surface area (Å²) in [6.07, 6.45) is 2.84. The van der Waals surface area contributed by atoms with Crippen molar-refractivity contribution in [3.8, 4) is 0 Å². The van der Waals surface area contributed by atoms with Crippen LogP contribution in [0.5, 0.6) is 0 Å². The van der Waals surface area contributed by atoms with Crippen LogP contribution in [0.2, 0.25) is 0 Å². The summed E-state index contributed by atoms with van der Waals surface area (Å²) in [6.45, 7) is 2.61. The maximum Gasteiger partial charge on any atom is 0.227 e. The minimum Gasteiger partial charge on any atom is -0.355 e. The minimum absolute atomic E-state index is 0.000764. The van der Waals surface area contributed by atoms with Gasteiger partial charge in [-0.2, -0.15) is 0 Å². The fourth-order valence-electron chi connectivity index (χ4n) is 2.16. The van der Waals surface area contributed by atoms with Gasteiger partial charge in [-0.25, -0.2) is 0 Å². The standard InChI is InChI=1S/C11H18N2O2/c1-7(8-3-4-8)13(2)11(15)9-5-10(14)12-6-9/h7-9H,3-6H2,1-2H3,(H,12,14). The Morgan fingerprint density at radius 2 is 2.20 bits per heavy atom. The van der Waals surface area contributed by atoms with Crippen LogP contribution in [0.1, 0.15) is 26.2 Å². The van der Waals surface area contributed by atoms with Crippen LogP contribution in [0.4, 0.5) is 0 Å². The molecule has 1 saturated carbocycles. The van der Waals surface area contributed by atoms with Gasteiger partial charge in [-0.1, -0.05) is 0 Å². The average molecular weight is 210 g/mol. The Labute approximate surface area is 90.0 Å². The smallest absolute Gasteiger partial charge is 0.227 e. The maximum atomic E-state index is 12.0. The highest BCUT2D eigenvalue weighted by Gasteiger charge is 2.36. The topological polar surface area (TPSA) is 49.4 Å². The molecule has 84 valence electrons. The monoisotopic (exact) mass is 210 g/mol. The van der Waals surface area contributed by atoms with Crippen molar-refractivity contribution in [2.45, 2.75) is 32.2 Å². The predicted molar refractivity (Wildman–Crippen MR) is 56.1 cm³/mol. The van der Waals surface area contributed by atoms with E-state index in [4.69, 9.17) is 0 Å². The molecule has 0 bridgehead atoms. The normalized spacial score (nSPS) is 27.3. The molecule has 15 heavy (non-hydrogen) atoms. The summed E-state index contributed by atoms with van der Waals surface area (Å²) in [5.74, 6) is 0.668. The fourth-order valence-corrected chi connectivity index (χ4v) is 2.16. The number of nitrogens with one attached hydrogen (secondary N) is 1. The average Bonchev–Trinajstić information content (AvgIpc) is 2.98. The molecule has 2 fully saturated rings. The van der Waals surface area contributed by atoms with Crippen molar-refractivity contribution >= 4 is 11.8 Å². The van der Waals surface area contributed by atoms with Gasteiger partial charge in [0.15, 0.2) is 0 Å². The third-order valence-electron chi connectivity index (χ3n) is 3.59. The molecule has 0 radical (unpaired) electrons. The SMILES string of the molecule is CC(C1CC1)N(C)C(=O)C1CNC(=O)C1. The molecule has 1 saturated heterocycles. The van der Waals surface area contributed by atoms with E-state index in [0.717, 1.165) is 0 Å². The van der Waals surface area contributed by atoms with Crippen molar-refractivity contribution < 1.29 is 9.59 Å². The minimum atomic E-state index is -0.135. The zero-order valence-corrected chi connectivity index (χ0v) is 9.32. The number of hydrogen-bond donors (Lipinski definition) is 1. The summed E-state index contributed by atoms with van der Waals surface area (Å²) >= 11 is 0. The molecule has 4 heteroatoms. The van der Waals surface area contributed by atoms with E-state index < -0.39 is 0 Å². The first-order chi connectivity index (χ1) is 7.09. The molecule has 1 aliphatic heterocycles. The van der Waals surface area contributed by atoms with E-state index in [2.05, 4.69) is 12.2 Å². The molecule has 0 aromatic heterocycles. The van der Waals surface area contributed by atoms with E-state index in [-0.39, 0.29) is 17.7 Å². The third kappa shape index (κ3) is 2.13. The molecule has 4 nitrogen and oxygen atoms in total. The van der Waals surface area contributed by atoms with Gasteiger partial charge in [-0.15, -0.1) is 0 Å². The van der Waals surface area contributed by atoms with Crippen molar-refractivity contribution in [1.29, 1.82) is 0 Å². The lowest BCUT2D eigenvalue weighted by Crippen LogP contribution is -2.40. The summed E-state index contributed by atoms with van der Waals surface area (Å²) in [7, 11) is 1.86. The van der Waals surface area contributed by atoms with E-state index in [0.29, 0.717) is 24.9 Å². The number of amides is 2. The maximum absolute atomic E-state index is 12.0. The highest BCUT2D eigenvalue weighted by Crippen LogP contribution is 2.35. The van der Waals surface area contributed by atoms with Crippen LogP contribution < -0.4 is 5.32 Å². The quantitative estimate of drug-likeness (QED) is 0.732. The Bertz CT molecular complexity index is 286. The largest absolute Gasteiger partial charge is 0.355 e. The number of rotatable bonds is 3. The van der Waals surface area contributed by atoms with Gasteiger partial charge >= 0.3 is 0 Å². The summed E-state index contributed by atoms with van der Waals surface area (Å²) in [5.41, 5.74) is 0. The van der Waals surface area contributed by atoms with Crippen LogP contribution in [-0.4, -0.2) is 36.3 Å². The van der Waals surface area contributed by atoms with Crippen molar-refractivity contribution in [2.24, 2.45) is 11.8 Å². The van der Waals surface area contributed by atoms with Crippen LogP contribution in [0.25, 0.3) is 0 Å². The first kappa shape index (κ1) is 10.5. The molecule has 2 atom stereocenters. The lowest BCUT2D eigenvalue weighted by atomic mass is 10.1. The van der Waals surface area contributed by atoms with Crippen LogP contribution in [-0.2, 0) is 9.59 Å². The second kappa shape index (κ2) is 3.83. The summed E-state index contributed by atoms with van der Waals surface area (Å²) in [6, 6.07) is 0.327. The van der Waals surface area contributed by atoms with Crippen LogP contribution in [0, 0.1) is 11.8 Å². The Balaban J connectivity index is 1.91. The number of nitrogens with zero attached hydrogens (tertiary/aromatic N) is 1. The van der Waals surface area contributed by atoms with Gasteiger partial charge < -0.3 is 10.2 Å². The highest BCUT2D eigenvalue weighted by atomic mass is 16.2. The third-order valence-corrected chi connectivity index (χ3v) is 3.59. The van der Waals surface area contributed by atoms with Gasteiger partial charge in [0.1, 0.15) is 0 Å². The van der Waals surface area contributed by atoms with Gasteiger partial charge in [0.25, 0.3) is 0 Å². The van der Waals surface area contributed by atoms with Gasteiger partial charge in [0.2, 0.25) is 11.8 Å². The summed E-state index contributed by atoms with van der Waals surface area (Å²) < 4.78 is 0. The molecule has 2 amide bonds. The molecular weight excluding hydrogens is 192 g/mol. The molecule has 2 rings (SSSR count). The molecule has 2 unspecified atom stereocenters. The number of hydrogen-bond acceptors (Lipinski definition) is 2. The number of carbonyl (C=O) groups is 2. The Morgan fingerprint density at radius 3 is 2.67 bits per heavy atom. The lowest BCUT2D eigenvalue weighted by Gasteiger charge is -2.27. The molecule has 2 aliphatic rings.